The average Bonchev–Trinajstić information content (AvgIpc) is 2.79. The Bertz CT molecular complexity index is 1110. The summed E-state index contributed by atoms with van der Waals surface area (Å²) in [5.41, 5.74) is 2.80. The molecule has 6 heteroatoms. The average molecular weight is 449 g/mol. The zero-order valence-corrected chi connectivity index (χ0v) is 18.3. The van der Waals surface area contributed by atoms with Gasteiger partial charge in [-0.3, -0.25) is 14.5 Å². The van der Waals surface area contributed by atoms with Crippen molar-refractivity contribution in [3.63, 3.8) is 0 Å². The Morgan fingerprint density at radius 1 is 0.968 bits per heavy atom. The van der Waals surface area contributed by atoms with E-state index >= 15 is 0 Å². The maximum atomic E-state index is 13.2. The highest BCUT2D eigenvalue weighted by Crippen LogP contribution is 2.41. The Kier molecular flexibility index (Phi) is 6.75. The van der Waals surface area contributed by atoms with Gasteiger partial charge < -0.3 is 5.32 Å². The molecule has 1 N–H and O–H groups in total. The van der Waals surface area contributed by atoms with Crippen molar-refractivity contribution in [3.8, 4) is 0 Å². The molecule has 3 aromatic rings. The molecule has 0 aliphatic carbocycles. The summed E-state index contributed by atoms with van der Waals surface area (Å²) in [6, 6.07) is 24.9. The molecule has 31 heavy (non-hydrogen) atoms. The normalized spacial score (nSPS) is 14.4. The Morgan fingerprint density at radius 3 is 2.45 bits per heavy atom. The van der Waals surface area contributed by atoms with Crippen molar-refractivity contribution in [3.05, 3.63) is 99.9 Å². The number of hydrogen-bond donors (Lipinski definition) is 1. The number of benzene rings is 3. The molecular weight excluding hydrogens is 428 g/mol. The molecule has 0 atom stereocenters. The molecule has 0 radical (unpaired) electrons. The lowest BCUT2D eigenvalue weighted by molar-refractivity contribution is -0.122. The van der Waals surface area contributed by atoms with Gasteiger partial charge in [0, 0.05) is 16.5 Å². The van der Waals surface area contributed by atoms with Gasteiger partial charge >= 0.3 is 0 Å². The SMILES string of the molecule is O=C(CN1C(=O)C(=Cc2ccccc2)Sc2ccccc21)NCCc1ccc(Cl)cc1. The number of nitrogens with zero attached hydrogens (tertiary/aromatic N) is 1. The molecule has 0 saturated carbocycles. The smallest absolute Gasteiger partial charge is 0.265 e. The minimum absolute atomic E-state index is 0.0246. The van der Waals surface area contributed by atoms with Gasteiger partial charge in [-0.25, -0.2) is 0 Å². The molecule has 0 spiro atoms. The molecule has 4 nitrogen and oxygen atoms in total. The van der Waals surface area contributed by atoms with Gasteiger partial charge in [0.05, 0.1) is 10.6 Å². The van der Waals surface area contributed by atoms with E-state index in [1.807, 2.05) is 84.9 Å². The fourth-order valence-corrected chi connectivity index (χ4v) is 4.50. The van der Waals surface area contributed by atoms with Crippen molar-refractivity contribution in [2.45, 2.75) is 11.3 Å². The van der Waals surface area contributed by atoms with Gasteiger partial charge in [0.25, 0.3) is 5.91 Å². The lowest BCUT2D eigenvalue weighted by atomic mass is 10.1. The van der Waals surface area contributed by atoms with Crippen molar-refractivity contribution in [2.24, 2.45) is 0 Å². The summed E-state index contributed by atoms with van der Waals surface area (Å²) in [7, 11) is 0. The van der Waals surface area contributed by atoms with Crippen LogP contribution >= 0.6 is 23.4 Å². The molecule has 156 valence electrons. The zero-order valence-electron chi connectivity index (χ0n) is 16.8. The molecule has 3 aromatic carbocycles. The van der Waals surface area contributed by atoms with Crippen LogP contribution in [0, 0.1) is 0 Å². The highest BCUT2D eigenvalue weighted by atomic mass is 35.5. The molecule has 2 amide bonds. The van der Waals surface area contributed by atoms with Crippen LogP contribution in [-0.4, -0.2) is 24.9 Å². The van der Waals surface area contributed by atoms with Gasteiger partial charge in [0.2, 0.25) is 5.91 Å². The second-order valence-corrected chi connectivity index (χ2v) is 8.63. The van der Waals surface area contributed by atoms with E-state index in [-0.39, 0.29) is 18.4 Å². The lowest BCUT2D eigenvalue weighted by Crippen LogP contribution is -2.43. The molecule has 0 bridgehead atoms. The number of halogens is 1. The van der Waals surface area contributed by atoms with Crippen LogP contribution in [0.5, 0.6) is 0 Å². The summed E-state index contributed by atoms with van der Waals surface area (Å²) in [6.07, 6.45) is 2.57. The van der Waals surface area contributed by atoms with E-state index in [4.69, 9.17) is 11.6 Å². The summed E-state index contributed by atoms with van der Waals surface area (Å²) in [4.78, 5) is 28.9. The van der Waals surface area contributed by atoms with Gasteiger partial charge in [-0.2, -0.15) is 0 Å². The number of amides is 2. The van der Waals surface area contributed by atoms with Gasteiger partial charge in [-0.1, -0.05) is 78.0 Å². The number of rotatable bonds is 6. The third-order valence-electron chi connectivity index (χ3n) is 4.88. The van der Waals surface area contributed by atoms with Gasteiger partial charge in [0.1, 0.15) is 6.54 Å². The first-order chi connectivity index (χ1) is 15.1. The first-order valence-corrected chi connectivity index (χ1v) is 11.2. The van der Waals surface area contributed by atoms with Crippen molar-refractivity contribution >= 4 is 46.9 Å². The van der Waals surface area contributed by atoms with Crippen molar-refractivity contribution in [1.82, 2.24) is 5.32 Å². The van der Waals surface area contributed by atoms with E-state index in [1.165, 1.54) is 11.8 Å². The molecule has 1 aliphatic rings. The van der Waals surface area contributed by atoms with Crippen LogP contribution in [-0.2, 0) is 16.0 Å². The van der Waals surface area contributed by atoms with Crippen molar-refractivity contribution < 1.29 is 9.59 Å². The van der Waals surface area contributed by atoms with Crippen LogP contribution in [0.15, 0.2) is 88.7 Å². The summed E-state index contributed by atoms with van der Waals surface area (Å²) in [5.74, 6) is -0.358. The van der Waals surface area contributed by atoms with E-state index in [2.05, 4.69) is 5.32 Å². The Balaban J connectivity index is 1.46. The topological polar surface area (TPSA) is 49.4 Å². The number of fused-ring (bicyclic) bond motifs is 1. The number of anilines is 1. The minimum atomic E-state index is -0.192. The number of para-hydroxylation sites is 1. The maximum Gasteiger partial charge on any atom is 0.265 e. The summed E-state index contributed by atoms with van der Waals surface area (Å²) in [5, 5.41) is 3.60. The monoisotopic (exact) mass is 448 g/mol. The Labute approximate surface area is 190 Å². The molecule has 1 heterocycles. The third kappa shape index (κ3) is 5.37. The second-order valence-electron chi connectivity index (χ2n) is 7.11. The number of hydrogen-bond acceptors (Lipinski definition) is 3. The number of carbonyl (C=O) groups excluding carboxylic acids is 2. The molecule has 4 rings (SSSR count). The van der Waals surface area contributed by atoms with Crippen LogP contribution in [0.2, 0.25) is 5.02 Å². The van der Waals surface area contributed by atoms with E-state index in [0.717, 1.165) is 21.7 Å². The van der Waals surface area contributed by atoms with Gasteiger partial charge in [-0.05, 0) is 47.9 Å². The molecule has 0 fully saturated rings. The van der Waals surface area contributed by atoms with Gasteiger partial charge in [0.15, 0.2) is 0 Å². The minimum Gasteiger partial charge on any atom is -0.354 e. The molecule has 0 aromatic heterocycles. The maximum absolute atomic E-state index is 13.2. The third-order valence-corrected chi connectivity index (χ3v) is 6.21. The van der Waals surface area contributed by atoms with Crippen LogP contribution in [0.3, 0.4) is 0 Å². The standard InChI is InChI=1S/C25H21ClN2O2S/c26-20-12-10-18(11-13-20)14-15-27-24(29)17-28-21-8-4-5-9-22(21)31-23(25(28)30)16-19-6-2-1-3-7-19/h1-13,16H,14-15,17H2,(H,27,29). The summed E-state index contributed by atoms with van der Waals surface area (Å²) < 4.78 is 0. The number of carbonyl (C=O) groups is 2. The quantitative estimate of drug-likeness (QED) is 0.528. The van der Waals surface area contributed by atoms with E-state index in [9.17, 15) is 9.59 Å². The number of nitrogens with one attached hydrogen (secondary N) is 1. The van der Waals surface area contributed by atoms with Gasteiger partial charge in [-0.15, -0.1) is 0 Å². The highest BCUT2D eigenvalue weighted by molar-refractivity contribution is 8.04. The van der Waals surface area contributed by atoms with E-state index < -0.39 is 0 Å². The molecule has 0 unspecified atom stereocenters. The fourth-order valence-electron chi connectivity index (χ4n) is 3.32. The van der Waals surface area contributed by atoms with E-state index in [1.54, 1.807) is 4.90 Å². The molecule has 0 saturated heterocycles. The second kappa shape index (κ2) is 9.86. The fraction of sp³-hybridized carbons (Fsp3) is 0.120. The van der Waals surface area contributed by atoms with E-state index in [0.29, 0.717) is 22.9 Å². The predicted octanol–water partition coefficient (Wildman–Crippen LogP) is 5.18. The van der Waals surface area contributed by atoms with Crippen LogP contribution in [0.1, 0.15) is 11.1 Å². The Morgan fingerprint density at radius 2 is 1.68 bits per heavy atom. The first kappa shape index (κ1) is 21.2. The molecule has 1 aliphatic heterocycles. The summed E-state index contributed by atoms with van der Waals surface area (Å²) >= 11 is 7.34. The lowest BCUT2D eigenvalue weighted by Gasteiger charge is -2.29. The number of thioether (sulfide) groups is 1. The predicted molar refractivity (Wildman–Crippen MR) is 127 cm³/mol. The van der Waals surface area contributed by atoms with Crippen LogP contribution < -0.4 is 10.2 Å². The first-order valence-electron chi connectivity index (χ1n) is 9.97. The zero-order chi connectivity index (χ0) is 21.6. The molecular formula is C25H21ClN2O2S. The van der Waals surface area contributed by atoms with Crippen molar-refractivity contribution in [2.75, 3.05) is 18.0 Å². The van der Waals surface area contributed by atoms with Crippen LogP contribution in [0.25, 0.3) is 6.08 Å². The summed E-state index contributed by atoms with van der Waals surface area (Å²) in [6.45, 7) is 0.467. The highest BCUT2D eigenvalue weighted by Gasteiger charge is 2.30. The Hall–Kier alpha value is -3.02. The van der Waals surface area contributed by atoms with Crippen LogP contribution in [0.4, 0.5) is 5.69 Å². The largest absolute Gasteiger partial charge is 0.354 e. The van der Waals surface area contributed by atoms with Crippen molar-refractivity contribution in [1.29, 1.82) is 0 Å².